The second-order valence-corrected chi connectivity index (χ2v) is 4.44. The second-order valence-electron chi connectivity index (χ2n) is 4.44. The molecule has 0 N–H and O–H groups in total. The number of pyridine rings is 1. The molecule has 1 aliphatic rings. The summed E-state index contributed by atoms with van der Waals surface area (Å²) >= 11 is 0. The molecule has 6 heteroatoms. The summed E-state index contributed by atoms with van der Waals surface area (Å²) in [7, 11) is 0. The Kier molecular flexibility index (Phi) is 3.42. The van der Waals surface area contributed by atoms with Crippen LogP contribution in [0.5, 0.6) is 0 Å². The lowest BCUT2D eigenvalue weighted by Crippen LogP contribution is -2.38. The van der Waals surface area contributed by atoms with Gasteiger partial charge in [0.15, 0.2) is 0 Å². The standard InChI is InChI=1S/C12H14N4O2/c1-9-4-2-3-7-15(9)12-6-5-11(16(17)18)10(8-13)14-12/h5-6,9H,2-4,7H2,1H3. The third kappa shape index (κ3) is 2.25. The van der Waals surface area contributed by atoms with Gasteiger partial charge in [0, 0.05) is 18.7 Å². The van der Waals surface area contributed by atoms with Crippen molar-refractivity contribution in [1.29, 1.82) is 5.26 Å². The molecule has 1 aliphatic heterocycles. The van der Waals surface area contributed by atoms with Crippen molar-refractivity contribution in [2.24, 2.45) is 0 Å². The van der Waals surface area contributed by atoms with Crippen molar-refractivity contribution in [3.63, 3.8) is 0 Å². The van der Waals surface area contributed by atoms with Crippen LogP contribution in [0.15, 0.2) is 12.1 Å². The minimum absolute atomic E-state index is 0.115. The maximum Gasteiger partial charge on any atom is 0.305 e. The Hall–Kier alpha value is -2.16. The molecule has 0 radical (unpaired) electrons. The molecule has 1 aromatic rings. The molecule has 1 atom stereocenters. The van der Waals surface area contributed by atoms with Crippen molar-refractivity contribution in [3.05, 3.63) is 27.9 Å². The first kappa shape index (κ1) is 12.3. The molecule has 1 saturated heterocycles. The highest BCUT2D eigenvalue weighted by Gasteiger charge is 2.22. The van der Waals surface area contributed by atoms with E-state index in [2.05, 4.69) is 16.8 Å². The predicted octanol–water partition coefficient (Wildman–Crippen LogP) is 2.24. The van der Waals surface area contributed by atoms with Gasteiger partial charge in [0.1, 0.15) is 11.9 Å². The zero-order valence-electron chi connectivity index (χ0n) is 10.2. The Labute approximate surface area is 105 Å². The van der Waals surface area contributed by atoms with Crippen LogP contribution in [-0.2, 0) is 0 Å². The van der Waals surface area contributed by atoms with Gasteiger partial charge >= 0.3 is 5.69 Å². The molecule has 0 amide bonds. The van der Waals surface area contributed by atoms with Gasteiger partial charge in [0.25, 0.3) is 0 Å². The largest absolute Gasteiger partial charge is 0.354 e. The number of piperidine rings is 1. The molecule has 6 nitrogen and oxygen atoms in total. The maximum atomic E-state index is 10.7. The van der Waals surface area contributed by atoms with Crippen molar-refractivity contribution in [2.75, 3.05) is 11.4 Å². The number of nitrogens with zero attached hydrogens (tertiary/aromatic N) is 4. The molecule has 1 unspecified atom stereocenters. The third-order valence-electron chi connectivity index (χ3n) is 3.26. The average molecular weight is 246 g/mol. The van der Waals surface area contributed by atoms with Crippen LogP contribution in [0.3, 0.4) is 0 Å². The lowest BCUT2D eigenvalue weighted by molar-refractivity contribution is -0.385. The van der Waals surface area contributed by atoms with E-state index < -0.39 is 4.92 Å². The summed E-state index contributed by atoms with van der Waals surface area (Å²) in [5.74, 6) is 0.657. The van der Waals surface area contributed by atoms with Crippen molar-refractivity contribution >= 4 is 11.5 Å². The summed E-state index contributed by atoms with van der Waals surface area (Å²) in [4.78, 5) is 16.4. The van der Waals surface area contributed by atoms with Gasteiger partial charge in [-0.15, -0.1) is 0 Å². The van der Waals surface area contributed by atoms with E-state index in [1.165, 1.54) is 12.5 Å². The zero-order chi connectivity index (χ0) is 13.1. The monoisotopic (exact) mass is 246 g/mol. The van der Waals surface area contributed by atoms with Crippen LogP contribution in [0.25, 0.3) is 0 Å². The molecular weight excluding hydrogens is 232 g/mol. The molecule has 94 valence electrons. The van der Waals surface area contributed by atoms with Gasteiger partial charge < -0.3 is 4.90 Å². The topological polar surface area (TPSA) is 83.1 Å². The lowest BCUT2D eigenvalue weighted by atomic mass is 10.0. The Morgan fingerprint density at radius 2 is 2.33 bits per heavy atom. The second kappa shape index (κ2) is 5.00. The number of hydrogen-bond acceptors (Lipinski definition) is 5. The average Bonchev–Trinajstić information content (AvgIpc) is 2.38. The van der Waals surface area contributed by atoms with Crippen LogP contribution >= 0.6 is 0 Å². The molecule has 0 aliphatic carbocycles. The predicted molar refractivity (Wildman–Crippen MR) is 66.3 cm³/mol. The SMILES string of the molecule is CC1CCCCN1c1ccc([N+](=O)[O-])c(C#N)n1. The molecule has 1 fully saturated rings. The molecule has 18 heavy (non-hydrogen) atoms. The Balaban J connectivity index is 2.35. The zero-order valence-corrected chi connectivity index (χ0v) is 10.2. The van der Waals surface area contributed by atoms with Gasteiger partial charge in [-0.25, -0.2) is 4.98 Å². The highest BCUT2D eigenvalue weighted by Crippen LogP contribution is 2.26. The van der Waals surface area contributed by atoms with Gasteiger partial charge in [0.05, 0.1) is 4.92 Å². The van der Waals surface area contributed by atoms with Crippen molar-refractivity contribution < 1.29 is 4.92 Å². The van der Waals surface area contributed by atoms with E-state index in [0.29, 0.717) is 11.9 Å². The van der Waals surface area contributed by atoms with Crippen LogP contribution < -0.4 is 4.90 Å². The molecule has 2 rings (SSSR count). The van der Waals surface area contributed by atoms with Crippen LogP contribution in [0.4, 0.5) is 11.5 Å². The number of hydrogen-bond donors (Lipinski definition) is 0. The van der Waals surface area contributed by atoms with E-state index in [4.69, 9.17) is 5.26 Å². The number of nitriles is 1. The van der Waals surface area contributed by atoms with Gasteiger partial charge in [-0.3, -0.25) is 10.1 Å². The number of aromatic nitrogens is 1. The number of rotatable bonds is 2. The van der Waals surface area contributed by atoms with E-state index in [-0.39, 0.29) is 11.4 Å². The molecule has 1 aromatic heterocycles. The first-order valence-electron chi connectivity index (χ1n) is 5.95. The molecule has 0 bridgehead atoms. The summed E-state index contributed by atoms with van der Waals surface area (Å²) in [5.41, 5.74) is -0.346. The highest BCUT2D eigenvalue weighted by molar-refractivity contribution is 5.52. The molecule has 0 spiro atoms. The molecular formula is C12H14N4O2. The highest BCUT2D eigenvalue weighted by atomic mass is 16.6. The quantitative estimate of drug-likeness (QED) is 0.590. The van der Waals surface area contributed by atoms with E-state index in [1.54, 1.807) is 12.1 Å². The minimum Gasteiger partial charge on any atom is -0.354 e. The fourth-order valence-corrected chi connectivity index (χ4v) is 2.27. The summed E-state index contributed by atoms with van der Waals surface area (Å²) in [5, 5.41) is 19.7. The van der Waals surface area contributed by atoms with Gasteiger partial charge in [-0.05, 0) is 32.3 Å². The Morgan fingerprint density at radius 3 is 2.94 bits per heavy atom. The van der Waals surface area contributed by atoms with Gasteiger partial charge in [-0.2, -0.15) is 5.26 Å². The van der Waals surface area contributed by atoms with Crippen LogP contribution in [0.1, 0.15) is 31.9 Å². The molecule has 0 saturated carbocycles. The fraction of sp³-hybridized carbons (Fsp3) is 0.500. The fourth-order valence-electron chi connectivity index (χ4n) is 2.27. The van der Waals surface area contributed by atoms with Gasteiger partial charge in [0.2, 0.25) is 5.69 Å². The van der Waals surface area contributed by atoms with Crippen LogP contribution in [0, 0.1) is 21.4 Å². The normalized spacial score (nSPS) is 19.3. The first-order chi connectivity index (χ1) is 8.63. The Bertz CT molecular complexity index is 509. The maximum absolute atomic E-state index is 10.7. The first-order valence-corrected chi connectivity index (χ1v) is 5.95. The van der Waals surface area contributed by atoms with Crippen molar-refractivity contribution in [1.82, 2.24) is 4.98 Å². The van der Waals surface area contributed by atoms with E-state index in [9.17, 15) is 10.1 Å². The number of anilines is 1. The van der Waals surface area contributed by atoms with Crippen molar-refractivity contribution in [2.45, 2.75) is 32.2 Å². The summed E-state index contributed by atoms with van der Waals surface area (Å²) < 4.78 is 0. The summed E-state index contributed by atoms with van der Waals surface area (Å²) in [6.45, 7) is 2.99. The molecule has 0 aromatic carbocycles. The van der Waals surface area contributed by atoms with Crippen molar-refractivity contribution in [3.8, 4) is 6.07 Å². The minimum atomic E-state index is -0.574. The Morgan fingerprint density at radius 1 is 1.56 bits per heavy atom. The van der Waals surface area contributed by atoms with Crippen LogP contribution in [-0.4, -0.2) is 22.5 Å². The summed E-state index contributed by atoms with van der Waals surface area (Å²) in [6.07, 6.45) is 3.36. The number of nitro groups is 1. The molecule has 2 heterocycles. The lowest BCUT2D eigenvalue weighted by Gasteiger charge is -2.34. The van der Waals surface area contributed by atoms with E-state index in [0.717, 1.165) is 19.4 Å². The van der Waals surface area contributed by atoms with E-state index >= 15 is 0 Å². The van der Waals surface area contributed by atoms with Gasteiger partial charge in [-0.1, -0.05) is 0 Å². The third-order valence-corrected chi connectivity index (χ3v) is 3.26. The van der Waals surface area contributed by atoms with Crippen LogP contribution in [0.2, 0.25) is 0 Å². The summed E-state index contributed by atoms with van der Waals surface area (Å²) in [6, 6.07) is 5.14. The smallest absolute Gasteiger partial charge is 0.305 e. The van der Waals surface area contributed by atoms with E-state index in [1.807, 2.05) is 0 Å².